The van der Waals surface area contributed by atoms with Gasteiger partial charge in [0.25, 0.3) is 5.91 Å². The number of hydroxylamine groups is 1. The van der Waals surface area contributed by atoms with E-state index in [1.54, 1.807) is 18.2 Å². The number of piperidine rings is 1. The molecule has 0 bridgehead atoms. The van der Waals surface area contributed by atoms with Crippen LogP contribution in [0.25, 0.3) is 0 Å². The number of carbonyl (C=O) groups excluding carboxylic acids is 2. The fourth-order valence-corrected chi connectivity index (χ4v) is 2.77. The fraction of sp³-hybridized carbons (Fsp3) is 0.438. The molecule has 1 saturated heterocycles. The van der Waals surface area contributed by atoms with Gasteiger partial charge in [0.1, 0.15) is 6.29 Å². The average molecular weight is 318 g/mol. The van der Waals surface area contributed by atoms with Crippen molar-refractivity contribution in [1.29, 1.82) is 5.41 Å². The van der Waals surface area contributed by atoms with Crippen molar-refractivity contribution in [3.05, 3.63) is 29.8 Å². The first-order valence-electron chi connectivity index (χ1n) is 7.67. The zero-order valence-electron chi connectivity index (χ0n) is 12.9. The van der Waals surface area contributed by atoms with Crippen molar-refractivity contribution in [3.63, 3.8) is 0 Å². The Labute approximate surface area is 135 Å². The van der Waals surface area contributed by atoms with Crippen molar-refractivity contribution in [1.82, 2.24) is 4.90 Å². The second-order valence-electron chi connectivity index (χ2n) is 5.77. The van der Waals surface area contributed by atoms with E-state index < -0.39 is 0 Å². The van der Waals surface area contributed by atoms with E-state index in [-0.39, 0.29) is 18.3 Å². The molecule has 7 nitrogen and oxygen atoms in total. The number of likely N-dealkylation sites (tertiary alicyclic amines) is 1. The van der Waals surface area contributed by atoms with Crippen LogP contribution in [0, 0.1) is 11.3 Å². The molecular weight excluding hydrogens is 296 g/mol. The summed E-state index contributed by atoms with van der Waals surface area (Å²) in [6, 6.07) is 6.27. The molecular formula is C16H22N4O3. The van der Waals surface area contributed by atoms with Gasteiger partial charge in [0.2, 0.25) is 0 Å². The van der Waals surface area contributed by atoms with Crippen LogP contribution in [-0.4, -0.2) is 41.3 Å². The lowest BCUT2D eigenvalue weighted by Gasteiger charge is -2.32. The SMILES string of the molecule is N=C(N)N1CCC(CCC(=O)N(O)c2cccc(C=O)c2)CC1. The number of nitrogens with two attached hydrogens (primary N) is 1. The zero-order valence-corrected chi connectivity index (χ0v) is 12.9. The first-order chi connectivity index (χ1) is 11.0. The molecule has 0 aromatic heterocycles. The predicted octanol–water partition coefficient (Wildman–Crippen LogP) is 1.61. The number of rotatable bonds is 5. The largest absolute Gasteiger partial charge is 0.370 e. The number of hydrogen-bond donors (Lipinski definition) is 3. The van der Waals surface area contributed by atoms with Crippen LogP contribution in [0.5, 0.6) is 0 Å². The van der Waals surface area contributed by atoms with Gasteiger partial charge in [0, 0.05) is 25.1 Å². The number of carbonyl (C=O) groups is 2. The summed E-state index contributed by atoms with van der Waals surface area (Å²) in [5.74, 6) is 0.0995. The molecule has 1 fully saturated rings. The molecule has 2 rings (SSSR count). The number of benzene rings is 1. The zero-order chi connectivity index (χ0) is 16.8. The van der Waals surface area contributed by atoms with E-state index in [0.717, 1.165) is 25.9 Å². The van der Waals surface area contributed by atoms with E-state index in [0.29, 0.717) is 34.9 Å². The number of hydrogen-bond acceptors (Lipinski definition) is 4. The van der Waals surface area contributed by atoms with Crippen molar-refractivity contribution in [3.8, 4) is 0 Å². The van der Waals surface area contributed by atoms with Crippen molar-refractivity contribution in [2.24, 2.45) is 11.7 Å². The molecule has 4 N–H and O–H groups in total. The van der Waals surface area contributed by atoms with Crippen LogP contribution >= 0.6 is 0 Å². The third-order valence-electron chi connectivity index (χ3n) is 4.21. The number of amides is 1. The van der Waals surface area contributed by atoms with E-state index in [1.165, 1.54) is 6.07 Å². The highest BCUT2D eigenvalue weighted by atomic mass is 16.5. The molecule has 1 aliphatic rings. The van der Waals surface area contributed by atoms with Gasteiger partial charge in [-0.2, -0.15) is 5.06 Å². The smallest absolute Gasteiger partial charge is 0.250 e. The van der Waals surface area contributed by atoms with Gasteiger partial charge < -0.3 is 10.6 Å². The number of nitrogens with zero attached hydrogens (tertiary/aromatic N) is 2. The van der Waals surface area contributed by atoms with Crippen LogP contribution in [0.4, 0.5) is 5.69 Å². The summed E-state index contributed by atoms with van der Waals surface area (Å²) in [4.78, 5) is 24.6. The predicted molar refractivity (Wildman–Crippen MR) is 86.5 cm³/mol. The van der Waals surface area contributed by atoms with E-state index in [9.17, 15) is 14.8 Å². The van der Waals surface area contributed by atoms with Gasteiger partial charge >= 0.3 is 0 Å². The van der Waals surface area contributed by atoms with Crippen molar-refractivity contribution in [2.45, 2.75) is 25.7 Å². The van der Waals surface area contributed by atoms with E-state index in [4.69, 9.17) is 11.1 Å². The van der Waals surface area contributed by atoms with E-state index >= 15 is 0 Å². The molecule has 124 valence electrons. The second-order valence-corrected chi connectivity index (χ2v) is 5.77. The summed E-state index contributed by atoms with van der Waals surface area (Å²) < 4.78 is 0. The molecule has 0 unspecified atom stereocenters. The highest BCUT2D eigenvalue weighted by molar-refractivity contribution is 5.92. The fourth-order valence-electron chi connectivity index (χ4n) is 2.77. The van der Waals surface area contributed by atoms with Crippen molar-refractivity contribution in [2.75, 3.05) is 18.2 Å². The standard InChI is InChI=1S/C16H22N4O3/c17-16(18)19-8-6-12(7-9-19)4-5-15(22)20(23)14-3-1-2-13(10-14)11-21/h1-3,10-12,23H,4-9H2,(H3,17,18). The maximum atomic E-state index is 12.1. The van der Waals surface area contributed by atoms with Crippen molar-refractivity contribution < 1.29 is 14.8 Å². The lowest BCUT2D eigenvalue weighted by atomic mass is 9.92. The Balaban J connectivity index is 1.82. The number of aldehydes is 1. The third kappa shape index (κ3) is 4.53. The van der Waals surface area contributed by atoms with Gasteiger partial charge in [-0.15, -0.1) is 0 Å². The molecule has 1 aliphatic heterocycles. The van der Waals surface area contributed by atoms with E-state index in [2.05, 4.69) is 0 Å². The Hall–Kier alpha value is -2.41. The Kier molecular flexibility index (Phi) is 5.70. The molecule has 23 heavy (non-hydrogen) atoms. The molecule has 1 amide bonds. The molecule has 1 heterocycles. The first-order valence-corrected chi connectivity index (χ1v) is 7.67. The van der Waals surface area contributed by atoms with Crippen LogP contribution in [0.1, 0.15) is 36.0 Å². The molecule has 0 aliphatic carbocycles. The summed E-state index contributed by atoms with van der Waals surface area (Å²) in [5.41, 5.74) is 6.16. The molecule has 0 radical (unpaired) electrons. The Morgan fingerprint density at radius 3 is 2.74 bits per heavy atom. The number of anilines is 1. The van der Waals surface area contributed by atoms with E-state index in [1.807, 2.05) is 4.90 Å². The van der Waals surface area contributed by atoms with Crippen LogP contribution in [0.15, 0.2) is 24.3 Å². The van der Waals surface area contributed by atoms with Crippen LogP contribution < -0.4 is 10.8 Å². The lowest BCUT2D eigenvalue weighted by molar-refractivity contribution is -0.124. The van der Waals surface area contributed by atoms with Crippen molar-refractivity contribution >= 4 is 23.8 Å². The van der Waals surface area contributed by atoms with Gasteiger partial charge in [0.15, 0.2) is 5.96 Å². The molecule has 0 saturated carbocycles. The summed E-state index contributed by atoms with van der Waals surface area (Å²) in [5, 5.41) is 18.0. The highest BCUT2D eigenvalue weighted by Crippen LogP contribution is 2.23. The molecule has 0 spiro atoms. The minimum atomic E-state index is -0.387. The summed E-state index contributed by atoms with van der Waals surface area (Å²) in [6.45, 7) is 1.47. The number of nitrogens with one attached hydrogen (secondary N) is 1. The van der Waals surface area contributed by atoms with Gasteiger partial charge in [-0.25, -0.2) is 0 Å². The highest BCUT2D eigenvalue weighted by Gasteiger charge is 2.22. The van der Waals surface area contributed by atoms with Crippen LogP contribution in [0.2, 0.25) is 0 Å². The van der Waals surface area contributed by atoms with Crippen LogP contribution in [-0.2, 0) is 4.79 Å². The lowest BCUT2D eigenvalue weighted by Crippen LogP contribution is -2.42. The van der Waals surface area contributed by atoms with Gasteiger partial charge in [-0.3, -0.25) is 20.2 Å². The topological polar surface area (TPSA) is 111 Å². The van der Waals surface area contributed by atoms with Crippen LogP contribution in [0.3, 0.4) is 0 Å². The van der Waals surface area contributed by atoms with Gasteiger partial charge in [0.05, 0.1) is 5.69 Å². The summed E-state index contributed by atoms with van der Waals surface area (Å²) in [6.07, 6.45) is 3.38. The monoisotopic (exact) mass is 318 g/mol. The maximum Gasteiger partial charge on any atom is 0.250 e. The molecule has 1 aromatic carbocycles. The minimum Gasteiger partial charge on any atom is -0.370 e. The third-order valence-corrected chi connectivity index (χ3v) is 4.21. The number of guanidine groups is 1. The molecule has 0 atom stereocenters. The Bertz CT molecular complexity index is 582. The van der Waals surface area contributed by atoms with Gasteiger partial charge in [-0.1, -0.05) is 12.1 Å². The summed E-state index contributed by atoms with van der Waals surface area (Å²) >= 11 is 0. The average Bonchev–Trinajstić information content (AvgIpc) is 2.59. The maximum absolute atomic E-state index is 12.1. The Morgan fingerprint density at radius 2 is 2.13 bits per heavy atom. The normalized spacial score (nSPS) is 15.3. The molecule has 7 heteroatoms. The first kappa shape index (κ1) is 17.0. The summed E-state index contributed by atoms with van der Waals surface area (Å²) in [7, 11) is 0. The Morgan fingerprint density at radius 1 is 1.43 bits per heavy atom. The quantitative estimate of drug-likeness (QED) is 0.251. The van der Waals surface area contributed by atoms with Gasteiger partial charge in [-0.05, 0) is 37.3 Å². The second kappa shape index (κ2) is 7.73. The minimum absolute atomic E-state index is 0.0936. The molecule has 1 aromatic rings.